The van der Waals surface area contributed by atoms with Gasteiger partial charge in [-0.3, -0.25) is 9.59 Å². The minimum absolute atomic E-state index is 0.0130. The van der Waals surface area contributed by atoms with Crippen molar-refractivity contribution in [3.8, 4) is 0 Å². The molecule has 46 heavy (non-hydrogen) atoms. The Morgan fingerprint density at radius 3 is 1.74 bits per heavy atom. The predicted molar refractivity (Wildman–Crippen MR) is 193 cm³/mol. The molecule has 1 rings (SSSR count). The molecule has 1 aliphatic rings. The molecule has 0 aromatic carbocycles. The lowest BCUT2D eigenvalue weighted by molar-refractivity contribution is -0.156. The first-order valence-electron chi connectivity index (χ1n) is 20.2. The summed E-state index contributed by atoms with van der Waals surface area (Å²) in [4.78, 5) is 27.8. The molecular formula is C40H77NO5. The molecule has 6 heteroatoms. The highest BCUT2D eigenvalue weighted by atomic mass is 16.5. The summed E-state index contributed by atoms with van der Waals surface area (Å²) in [6.07, 6.45) is 30.6. The summed E-state index contributed by atoms with van der Waals surface area (Å²) < 4.78 is 11.9. The molecule has 1 fully saturated rings. The molecule has 6 nitrogen and oxygen atoms in total. The fourth-order valence-electron chi connectivity index (χ4n) is 6.83. The fourth-order valence-corrected chi connectivity index (χ4v) is 6.83. The second-order valence-corrected chi connectivity index (χ2v) is 14.4. The molecule has 272 valence electrons. The summed E-state index contributed by atoms with van der Waals surface area (Å²) in [5.41, 5.74) is 0. The number of esters is 2. The fraction of sp³-hybridized carbons (Fsp3) is 0.950. The number of hydrogen-bond acceptors (Lipinski definition) is 6. The molecule has 0 saturated carbocycles. The van der Waals surface area contributed by atoms with Crippen LogP contribution in [0.5, 0.6) is 0 Å². The van der Waals surface area contributed by atoms with Gasteiger partial charge in [0.15, 0.2) is 0 Å². The highest BCUT2D eigenvalue weighted by Gasteiger charge is 2.27. The third kappa shape index (κ3) is 24.1. The monoisotopic (exact) mass is 652 g/mol. The van der Waals surface area contributed by atoms with Crippen molar-refractivity contribution in [3.05, 3.63) is 0 Å². The maximum atomic E-state index is 13.1. The van der Waals surface area contributed by atoms with Crippen molar-refractivity contribution < 1.29 is 24.2 Å². The van der Waals surface area contributed by atoms with Crippen LogP contribution in [0, 0.1) is 11.8 Å². The third-order valence-electron chi connectivity index (χ3n) is 10.0. The van der Waals surface area contributed by atoms with E-state index < -0.39 is 0 Å². The van der Waals surface area contributed by atoms with E-state index in [0.29, 0.717) is 18.9 Å². The van der Waals surface area contributed by atoms with Gasteiger partial charge < -0.3 is 19.5 Å². The maximum Gasteiger partial charge on any atom is 0.309 e. The van der Waals surface area contributed by atoms with Gasteiger partial charge in [-0.1, -0.05) is 124 Å². The SMILES string of the molecule is CCCCCCCCCC(CCCCCCCCC(=O)OCC(CCCC)CCCCCC)OC(=O)C1CCN(CCCO)CC1. The Balaban J connectivity index is 2.28. The summed E-state index contributed by atoms with van der Waals surface area (Å²) in [6.45, 7) is 10.4. The van der Waals surface area contributed by atoms with Crippen LogP contribution < -0.4 is 0 Å². The highest BCUT2D eigenvalue weighted by Crippen LogP contribution is 2.23. The zero-order chi connectivity index (χ0) is 33.5. The van der Waals surface area contributed by atoms with E-state index in [2.05, 4.69) is 25.7 Å². The summed E-state index contributed by atoms with van der Waals surface area (Å²) in [6, 6.07) is 0. The van der Waals surface area contributed by atoms with Crippen LogP contribution in [0.3, 0.4) is 0 Å². The minimum Gasteiger partial charge on any atom is -0.465 e. The first kappa shape index (κ1) is 42.9. The summed E-state index contributed by atoms with van der Waals surface area (Å²) in [5, 5.41) is 9.11. The van der Waals surface area contributed by atoms with Crippen LogP contribution in [-0.4, -0.2) is 60.9 Å². The van der Waals surface area contributed by atoms with Gasteiger partial charge in [0.05, 0.1) is 12.5 Å². The van der Waals surface area contributed by atoms with Gasteiger partial charge in [0.1, 0.15) is 6.10 Å². The zero-order valence-corrected chi connectivity index (χ0v) is 30.9. The quantitative estimate of drug-likeness (QED) is 0.0576. The number of piperidine rings is 1. The third-order valence-corrected chi connectivity index (χ3v) is 10.0. The van der Waals surface area contributed by atoms with Gasteiger partial charge in [0.2, 0.25) is 0 Å². The number of hydrogen-bond donors (Lipinski definition) is 1. The molecule has 1 aliphatic heterocycles. The van der Waals surface area contributed by atoms with Crippen LogP contribution in [0.1, 0.15) is 194 Å². The molecule has 1 saturated heterocycles. The molecule has 0 aromatic rings. The maximum absolute atomic E-state index is 13.1. The van der Waals surface area contributed by atoms with Crippen LogP contribution in [0.15, 0.2) is 0 Å². The van der Waals surface area contributed by atoms with Crippen molar-refractivity contribution in [2.45, 2.75) is 200 Å². The van der Waals surface area contributed by atoms with Crippen LogP contribution in [0.25, 0.3) is 0 Å². The van der Waals surface area contributed by atoms with Gasteiger partial charge in [-0.05, 0) is 83.2 Å². The largest absolute Gasteiger partial charge is 0.465 e. The minimum atomic E-state index is -0.0130. The second kappa shape index (κ2) is 31.1. The topological polar surface area (TPSA) is 76.1 Å². The standard InChI is InChI=1S/C40H77NO5/c1-4-7-10-12-13-16-20-26-38(46-40(44)37-29-32-41(33-30-37)31-23-34-42)27-21-17-14-15-18-22-28-39(43)45-35-36(24-9-6-3)25-19-11-8-5-2/h36-38,42H,4-35H2,1-3H3. The van der Waals surface area contributed by atoms with E-state index in [1.807, 2.05) is 0 Å². The van der Waals surface area contributed by atoms with E-state index in [-0.39, 0.29) is 30.6 Å². The highest BCUT2D eigenvalue weighted by molar-refractivity contribution is 5.72. The van der Waals surface area contributed by atoms with E-state index in [1.54, 1.807) is 0 Å². The van der Waals surface area contributed by atoms with Crippen molar-refractivity contribution >= 4 is 11.9 Å². The molecule has 2 unspecified atom stereocenters. The van der Waals surface area contributed by atoms with E-state index >= 15 is 0 Å². The molecule has 0 aromatic heterocycles. The zero-order valence-electron chi connectivity index (χ0n) is 30.9. The number of carbonyl (C=O) groups is 2. The average molecular weight is 652 g/mol. The Morgan fingerprint density at radius 2 is 1.15 bits per heavy atom. The molecule has 0 aliphatic carbocycles. The lowest BCUT2D eigenvalue weighted by Gasteiger charge is -2.31. The molecule has 2 atom stereocenters. The first-order valence-corrected chi connectivity index (χ1v) is 20.2. The summed E-state index contributed by atoms with van der Waals surface area (Å²) in [5.74, 6) is 0.572. The predicted octanol–water partition coefficient (Wildman–Crippen LogP) is 10.6. The molecule has 0 amide bonds. The Hall–Kier alpha value is -1.14. The normalized spacial score (nSPS) is 15.6. The lowest BCUT2D eigenvalue weighted by atomic mass is 9.96. The summed E-state index contributed by atoms with van der Waals surface area (Å²) in [7, 11) is 0. The number of aliphatic hydroxyl groups excluding tert-OH is 1. The lowest BCUT2D eigenvalue weighted by Crippen LogP contribution is -2.38. The van der Waals surface area contributed by atoms with E-state index in [9.17, 15) is 9.59 Å². The number of ether oxygens (including phenoxy) is 2. The average Bonchev–Trinajstić information content (AvgIpc) is 3.07. The van der Waals surface area contributed by atoms with Gasteiger partial charge in [-0.2, -0.15) is 0 Å². The number of carbonyl (C=O) groups excluding carboxylic acids is 2. The van der Waals surface area contributed by atoms with Crippen molar-refractivity contribution in [3.63, 3.8) is 0 Å². The van der Waals surface area contributed by atoms with Gasteiger partial charge >= 0.3 is 11.9 Å². The number of likely N-dealkylation sites (tertiary alicyclic amines) is 1. The molecule has 0 spiro atoms. The van der Waals surface area contributed by atoms with Crippen LogP contribution in [0.4, 0.5) is 0 Å². The van der Waals surface area contributed by atoms with Gasteiger partial charge in [0, 0.05) is 19.6 Å². The number of aliphatic hydroxyl groups is 1. The van der Waals surface area contributed by atoms with Crippen LogP contribution in [0.2, 0.25) is 0 Å². The molecule has 1 heterocycles. The Bertz CT molecular complexity index is 693. The van der Waals surface area contributed by atoms with Crippen molar-refractivity contribution in [2.75, 3.05) is 32.8 Å². The molecular weight excluding hydrogens is 574 g/mol. The number of rotatable bonds is 32. The van der Waals surface area contributed by atoms with Crippen LogP contribution in [-0.2, 0) is 19.1 Å². The van der Waals surface area contributed by atoms with E-state index in [0.717, 1.165) is 90.3 Å². The Kier molecular flexibility index (Phi) is 29.0. The van der Waals surface area contributed by atoms with E-state index in [4.69, 9.17) is 14.6 Å². The second-order valence-electron chi connectivity index (χ2n) is 14.4. The summed E-state index contributed by atoms with van der Waals surface area (Å²) >= 11 is 0. The van der Waals surface area contributed by atoms with Gasteiger partial charge in [0.25, 0.3) is 0 Å². The first-order chi connectivity index (χ1) is 22.5. The molecule has 0 radical (unpaired) electrons. The van der Waals surface area contributed by atoms with Crippen molar-refractivity contribution in [2.24, 2.45) is 11.8 Å². The Labute approximate surface area is 285 Å². The number of unbranched alkanes of at least 4 members (excludes halogenated alkanes) is 15. The Morgan fingerprint density at radius 1 is 0.652 bits per heavy atom. The number of nitrogens with zero attached hydrogens (tertiary/aromatic N) is 1. The van der Waals surface area contributed by atoms with Crippen molar-refractivity contribution in [1.82, 2.24) is 4.90 Å². The van der Waals surface area contributed by atoms with Crippen LogP contribution >= 0.6 is 0 Å². The molecule has 1 N–H and O–H groups in total. The van der Waals surface area contributed by atoms with Gasteiger partial charge in [-0.15, -0.1) is 0 Å². The molecule has 0 bridgehead atoms. The van der Waals surface area contributed by atoms with Crippen molar-refractivity contribution in [1.29, 1.82) is 0 Å². The van der Waals surface area contributed by atoms with E-state index in [1.165, 1.54) is 96.3 Å². The van der Waals surface area contributed by atoms with Gasteiger partial charge in [-0.25, -0.2) is 0 Å². The smallest absolute Gasteiger partial charge is 0.309 e.